The number of likely N-dealkylation sites (N-methyl/N-ethyl adjacent to an activating group) is 1. The van der Waals surface area contributed by atoms with Gasteiger partial charge in [0.1, 0.15) is 0 Å². The molecule has 0 saturated carbocycles. The zero-order valence-corrected chi connectivity index (χ0v) is 14.8. The van der Waals surface area contributed by atoms with Crippen molar-refractivity contribution in [3.63, 3.8) is 0 Å². The highest BCUT2D eigenvalue weighted by Crippen LogP contribution is 2.37. The molecule has 1 aliphatic rings. The van der Waals surface area contributed by atoms with Crippen LogP contribution in [0.15, 0.2) is 30.6 Å². The van der Waals surface area contributed by atoms with Gasteiger partial charge in [-0.1, -0.05) is 11.6 Å². The Morgan fingerprint density at radius 3 is 2.71 bits per heavy atom. The van der Waals surface area contributed by atoms with Crippen LogP contribution in [0, 0.1) is 0 Å². The van der Waals surface area contributed by atoms with E-state index in [1.165, 1.54) is 16.6 Å². The van der Waals surface area contributed by atoms with Gasteiger partial charge in [-0.15, -0.1) is 0 Å². The Bertz CT molecular complexity index is 884. The van der Waals surface area contributed by atoms with E-state index in [1.807, 2.05) is 37.5 Å². The molecular weight excluding hydrogens is 322 g/mol. The number of aromatic amines is 1. The molecule has 24 heavy (non-hydrogen) atoms. The van der Waals surface area contributed by atoms with Crippen molar-refractivity contribution in [3.8, 4) is 0 Å². The van der Waals surface area contributed by atoms with Crippen molar-refractivity contribution in [1.82, 2.24) is 19.9 Å². The normalized spacial score (nSPS) is 17.9. The van der Waals surface area contributed by atoms with E-state index in [-0.39, 0.29) is 6.04 Å². The molecule has 124 valence electrons. The number of fused-ring (bicyclic) bond motifs is 3. The summed E-state index contributed by atoms with van der Waals surface area (Å²) < 4.78 is 0. The van der Waals surface area contributed by atoms with Crippen LogP contribution in [0.3, 0.4) is 0 Å². The van der Waals surface area contributed by atoms with E-state index in [9.17, 15) is 0 Å². The average Bonchev–Trinajstić information content (AvgIpc) is 2.92. The maximum absolute atomic E-state index is 6.20. The summed E-state index contributed by atoms with van der Waals surface area (Å²) >= 11 is 6.20. The molecule has 1 N–H and O–H groups in total. The summed E-state index contributed by atoms with van der Waals surface area (Å²) in [4.78, 5) is 16.8. The van der Waals surface area contributed by atoms with E-state index in [0.717, 1.165) is 35.0 Å². The van der Waals surface area contributed by atoms with Crippen LogP contribution in [0.25, 0.3) is 10.9 Å². The fourth-order valence-corrected chi connectivity index (χ4v) is 3.68. The lowest BCUT2D eigenvalue weighted by Gasteiger charge is -2.32. The number of benzene rings is 1. The minimum atomic E-state index is 0.135. The molecule has 0 fully saturated rings. The number of halogens is 1. The summed E-state index contributed by atoms with van der Waals surface area (Å²) in [6, 6.07) is 6.18. The number of aromatic nitrogens is 3. The highest BCUT2D eigenvalue weighted by molar-refractivity contribution is 6.31. The van der Waals surface area contributed by atoms with Crippen molar-refractivity contribution in [2.75, 3.05) is 32.6 Å². The van der Waals surface area contributed by atoms with Gasteiger partial charge in [-0.25, -0.2) is 9.97 Å². The van der Waals surface area contributed by atoms with Crippen molar-refractivity contribution in [1.29, 1.82) is 0 Å². The predicted octanol–water partition coefficient (Wildman–Crippen LogP) is 3.25. The molecule has 0 amide bonds. The molecule has 6 heteroatoms. The molecule has 3 heterocycles. The van der Waals surface area contributed by atoms with Crippen molar-refractivity contribution < 1.29 is 0 Å². The van der Waals surface area contributed by atoms with E-state index >= 15 is 0 Å². The maximum Gasteiger partial charge on any atom is 0.224 e. The minimum absolute atomic E-state index is 0.135. The first-order valence-corrected chi connectivity index (χ1v) is 8.42. The molecule has 1 unspecified atom stereocenters. The van der Waals surface area contributed by atoms with Crippen LogP contribution < -0.4 is 4.90 Å². The third-order valence-electron chi connectivity index (χ3n) is 4.70. The van der Waals surface area contributed by atoms with Crippen molar-refractivity contribution in [2.24, 2.45) is 0 Å². The fourth-order valence-electron chi connectivity index (χ4n) is 3.51. The number of hydrogen-bond acceptors (Lipinski definition) is 4. The van der Waals surface area contributed by atoms with Gasteiger partial charge in [-0.05, 0) is 37.2 Å². The van der Waals surface area contributed by atoms with Crippen molar-refractivity contribution in [2.45, 2.75) is 12.5 Å². The van der Waals surface area contributed by atoms with Gasteiger partial charge >= 0.3 is 0 Å². The SMILES string of the molecule is CN(C)c1ncc(C2c3[nH]c4ccc(Cl)cc4c3CCN2C)cn1. The predicted molar refractivity (Wildman–Crippen MR) is 97.8 cm³/mol. The molecular formula is C18H20ClN5. The van der Waals surface area contributed by atoms with Crippen LogP contribution in [0.4, 0.5) is 5.95 Å². The molecule has 1 atom stereocenters. The zero-order chi connectivity index (χ0) is 16.8. The molecule has 4 rings (SSSR count). The van der Waals surface area contributed by atoms with Crippen LogP contribution in [0.5, 0.6) is 0 Å². The number of hydrogen-bond donors (Lipinski definition) is 1. The summed E-state index contributed by atoms with van der Waals surface area (Å²) in [5, 5.41) is 2.00. The quantitative estimate of drug-likeness (QED) is 0.777. The van der Waals surface area contributed by atoms with Gasteiger partial charge in [0.15, 0.2) is 0 Å². The highest BCUT2D eigenvalue weighted by atomic mass is 35.5. The fraction of sp³-hybridized carbons (Fsp3) is 0.333. The van der Waals surface area contributed by atoms with Crippen LogP contribution in [-0.2, 0) is 6.42 Å². The van der Waals surface area contributed by atoms with E-state index in [2.05, 4.69) is 39.0 Å². The number of anilines is 1. The van der Waals surface area contributed by atoms with E-state index < -0.39 is 0 Å². The van der Waals surface area contributed by atoms with E-state index in [4.69, 9.17) is 11.6 Å². The molecule has 0 spiro atoms. The largest absolute Gasteiger partial charge is 0.357 e. The lowest BCUT2D eigenvalue weighted by atomic mass is 9.94. The summed E-state index contributed by atoms with van der Waals surface area (Å²) in [6.45, 7) is 0.993. The summed E-state index contributed by atoms with van der Waals surface area (Å²) in [5.74, 6) is 0.723. The first-order chi connectivity index (χ1) is 11.5. The van der Waals surface area contributed by atoms with Crippen LogP contribution in [0.1, 0.15) is 22.9 Å². The molecule has 0 radical (unpaired) electrons. The molecule has 3 aromatic rings. The topological polar surface area (TPSA) is 48.1 Å². The summed E-state index contributed by atoms with van der Waals surface area (Å²) in [7, 11) is 6.04. The van der Waals surface area contributed by atoms with E-state index in [0.29, 0.717) is 0 Å². The second kappa shape index (κ2) is 5.76. The Morgan fingerprint density at radius 1 is 1.25 bits per heavy atom. The third kappa shape index (κ3) is 2.44. The van der Waals surface area contributed by atoms with Gasteiger partial charge in [0, 0.05) is 60.2 Å². The Hall–Kier alpha value is -2.11. The summed E-state index contributed by atoms with van der Waals surface area (Å²) in [5.41, 5.74) is 4.81. The Morgan fingerprint density at radius 2 is 2.00 bits per heavy atom. The standard InChI is InChI=1S/C18H20ClN5/c1-23(2)18-20-9-11(10-21-18)17-16-13(6-7-24(17)3)14-8-12(19)4-5-15(14)22-16/h4-5,8-10,17,22H,6-7H2,1-3H3. The van der Waals surface area contributed by atoms with Gasteiger partial charge < -0.3 is 9.88 Å². The van der Waals surface area contributed by atoms with Crippen molar-refractivity contribution in [3.05, 3.63) is 52.4 Å². The van der Waals surface area contributed by atoms with Gasteiger partial charge in [0.2, 0.25) is 5.95 Å². The Labute approximate surface area is 146 Å². The van der Waals surface area contributed by atoms with Gasteiger partial charge in [0.25, 0.3) is 0 Å². The summed E-state index contributed by atoms with van der Waals surface area (Å²) in [6.07, 6.45) is 4.87. The monoisotopic (exact) mass is 341 g/mol. The highest BCUT2D eigenvalue weighted by Gasteiger charge is 2.30. The number of nitrogens with one attached hydrogen (secondary N) is 1. The molecule has 2 aromatic heterocycles. The number of nitrogens with zero attached hydrogens (tertiary/aromatic N) is 4. The van der Waals surface area contributed by atoms with E-state index in [1.54, 1.807) is 0 Å². The van der Waals surface area contributed by atoms with Gasteiger partial charge in [0.05, 0.1) is 6.04 Å². The van der Waals surface area contributed by atoms with Crippen LogP contribution in [0.2, 0.25) is 5.02 Å². The van der Waals surface area contributed by atoms with Crippen LogP contribution in [-0.4, -0.2) is 47.5 Å². The Kier molecular flexibility index (Phi) is 3.70. The molecule has 0 aliphatic carbocycles. The molecule has 0 saturated heterocycles. The smallest absolute Gasteiger partial charge is 0.224 e. The molecule has 0 bridgehead atoms. The van der Waals surface area contributed by atoms with Gasteiger partial charge in [-0.2, -0.15) is 0 Å². The Balaban J connectivity index is 1.83. The number of rotatable bonds is 2. The molecule has 1 aromatic carbocycles. The van der Waals surface area contributed by atoms with Gasteiger partial charge in [-0.3, -0.25) is 4.90 Å². The lowest BCUT2D eigenvalue weighted by molar-refractivity contribution is 0.261. The maximum atomic E-state index is 6.20. The molecule has 5 nitrogen and oxygen atoms in total. The minimum Gasteiger partial charge on any atom is -0.357 e. The number of H-pyrrole nitrogens is 1. The molecule has 1 aliphatic heterocycles. The second-order valence-corrected chi connectivity index (χ2v) is 6.99. The zero-order valence-electron chi connectivity index (χ0n) is 14.0. The first-order valence-electron chi connectivity index (χ1n) is 8.04. The van der Waals surface area contributed by atoms with Crippen molar-refractivity contribution >= 4 is 28.5 Å². The third-order valence-corrected chi connectivity index (χ3v) is 4.94. The first kappa shape index (κ1) is 15.4. The lowest BCUT2D eigenvalue weighted by Crippen LogP contribution is -2.33. The van der Waals surface area contributed by atoms with Crippen LogP contribution >= 0.6 is 11.6 Å². The second-order valence-electron chi connectivity index (χ2n) is 6.55. The average molecular weight is 342 g/mol.